The lowest BCUT2D eigenvalue weighted by molar-refractivity contribution is 0.0928. The molecule has 0 bridgehead atoms. The van der Waals surface area contributed by atoms with Gasteiger partial charge in [0.05, 0.1) is 6.61 Å². The van der Waals surface area contributed by atoms with Crippen molar-refractivity contribution in [2.75, 3.05) is 13.7 Å². The molecule has 0 aromatic heterocycles. The Morgan fingerprint density at radius 2 is 2.11 bits per heavy atom. The molecule has 2 atom stereocenters. The number of carbonyl (C=O) groups is 1. The first kappa shape index (κ1) is 14.0. The summed E-state index contributed by atoms with van der Waals surface area (Å²) in [7, 11) is 1.66. The lowest BCUT2D eigenvalue weighted by atomic mass is 10.0. The van der Waals surface area contributed by atoms with Gasteiger partial charge in [-0.05, 0) is 43.0 Å². The molecule has 0 radical (unpaired) electrons. The first-order chi connectivity index (χ1) is 9.24. The topological polar surface area (TPSA) is 64.3 Å². The predicted molar refractivity (Wildman–Crippen MR) is 74.8 cm³/mol. The molecule has 1 aliphatic rings. The summed E-state index contributed by atoms with van der Waals surface area (Å²) < 4.78 is 5.05. The highest BCUT2D eigenvalue weighted by molar-refractivity contribution is 5.94. The van der Waals surface area contributed by atoms with Gasteiger partial charge >= 0.3 is 0 Å². The van der Waals surface area contributed by atoms with Crippen molar-refractivity contribution < 1.29 is 9.53 Å². The van der Waals surface area contributed by atoms with Crippen molar-refractivity contribution >= 4 is 5.91 Å². The van der Waals surface area contributed by atoms with Crippen LogP contribution in [0, 0.1) is 5.92 Å². The van der Waals surface area contributed by atoms with E-state index in [4.69, 9.17) is 10.5 Å². The van der Waals surface area contributed by atoms with E-state index in [1.807, 2.05) is 24.3 Å². The highest BCUT2D eigenvalue weighted by Gasteiger charge is 2.27. The normalized spacial score (nSPS) is 22.4. The van der Waals surface area contributed by atoms with Gasteiger partial charge in [0.15, 0.2) is 0 Å². The second-order valence-electron chi connectivity index (χ2n) is 5.14. The quantitative estimate of drug-likeness (QED) is 0.848. The Morgan fingerprint density at radius 1 is 1.37 bits per heavy atom. The summed E-state index contributed by atoms with van der Waals surface area (Å²) >= 11 is 0. The SMILES string of the molecule is COCc1ccc(C(=O)NC2CCCC2CN)cc1. The maximum absolute atomic E-state index is 12.1. The smallest absolute Gasteiger partial charge is 0.251 e. The van der Waals surface area contributed by atoms with Gasteiger partial charge in [-0.1, -0.05) is 18.6 Å². The van der Waals surface area contributed by atoms with Gasteiger partial charge in [-0.2, -0.15) is 0 Å². The van der Waals surface area contributed by atoms with E-state index in [-0.39, 0.29) is 11.9 Å². The average Bonchev–Trinajstić information content (AvgIpc) is 2.87. The van der Waals surface area contributed by atoms with E-state index in [0.29, 0.717) is 24.6 Å². The fourth-order valence-corrected chi connectivity index (χ4v) is 2.68. The maximum Gasteiger partial charge on any atom is 0.251 e. The number of nitrogens with one attached hydrogen (secondary N) is 1. The lowest BCUT2D eigenvalue weighted by Gasteiger charge is -2.19. The van der Waals surface area contributed by atoms with Gasteiger partial charge in [-0.25, -0.2) is 0 Å². The van der Waals surface area contributed by atoms with E-state index in [1.54, 1.807) is 7.11 Å². The van der Waals surface area contributed by atoms with E-state index < -0.39 is 0 Å². The van der Waals surface area contributed by atoms with Crippen molar-refractivity contribution in [3.63, 3.8) is 0 Å². The van der Waals surface area contributed by atoms with Crippen molar-refractivity contribution in [3.8, 4) is 0 Å². The van der Waals surface area contributed by atoms with Crippen LogP contribution in [0.4, 0.5) is 0 Å². The summed E-state index contributed by atoms with van der Waals surface area (Å²) in [4.78, 5) is 12.1. The molecule has 0 spiro atoms. The number of hydrogen-bond acceptors (Lipinski definition) is 3. The molecule has 0 aliphatic heterocycles. The first-order valence-corrected chi connectivity index (χ1v) is 6.83. The number of methoxy groups -OCH3 is 1. The van der Waals surface area contributed by atoms with E-state index in [2.05, 4.69) is 5.32 Å². The van der Waals surface area contributed by atoms with Gasteiger partial charge < -0.3 is 15.8 Å². The summed E-state index contributed by atoms with van der Waals surface area (Å²) in [5.74, 6) is 0.422. The van der Waals surface area contributed by atoms with Crippen LogP contribution < -0.4 is 11.1 Å². The zero-order valence-corrected chi connectivity index (χ0v) is 11.4. The number of carbonyl (C=O) groups excluding carboxylic acids is 1. The summed E-state index contributed by atoms with van der Waals surface area (Å²) in [6, 6.07) is 7.77. The van der Waals surface area contributed by atoms with Crippen molar-refractivity contribution in [1.82, 2.24) is 5.32 Å². The van der Waals surface area contributed by atoms with E-state index >= 15 is 0 Å². The molecular formula is C15H22N2O2. The summed E-state index contributed by atoms with van der Waals surface area (Å²) in [6.07, 6.45) is 3.31. The van der Waals surface area contributed by atoms with E-state index in [1.165, 1.54) is 0 Å². The maximum atomic E-state index is 12.1. The van der Waals surface area contributed by atoms with Crippen LogP contribution in [0.5, 0.6) is 0 Å². The molecule has 1 aliphatic carbocycles. The molecule has 1 aromatic carbocycles. The zero-order chi connectivity index (χ0) is 13.7. The molecule has 0 saturated heterocycles. The van der Waals surface area contributed by atoms with Crippen LogP contribution in [0.25, 0.3) is 0 Å². The van der Waals surface area contributed by atoms with Crippen LogP contribution in [0.1, 0.15) is 35.2 Å². The second-order valence-corrected chi connectivity index (χ2v) is 5.14. The highest BCUT2D eigenvalue weighted by Crippen LogP contribution is 2.24. The Kier molecular flexibility index (Phi) is 4.93. The third-order valence-corrected chi connectivity index (χ3v) is 3.81. The number of hydrogen-bond donors (Lipinski definition) is 2. The van der Waals surface area contributed by atoms with Crippen molar-refractivity contribution in [2.24, 2.45) is 11.7 Å². The Bertz CT molecular complexity index is 417. The summed E-state index contributed by atoms with van der Waals surface area (Å²) in [5, 5.41) is 3.10. The fraction of sp³-hybridized carbons (Fsp3) is 0.533. The van der Waals surface area contributed by atoms with Gasteiger partial charge in [-0.3, -0.25) is 4.79 Å². The van der Waals surface area contributed by atoms with Gasteiger partial charge in [0.2, 0.25) is 0 Å². The van der Waals surface area contributed by atoms with E-state index in [0.717, 1.165) is 24.8 Å². The van der Waals surface area contributed by atoms with Crippen LogP contribution in [-0.2, 0) is 11.3 Å². The molecule has 1 aromatic rings. The minimum Gasteiger partial charge on any atom is -0.380 e. The molecule has 4 nitrogen and oxygen atoms in total. The summed E-state index contributed by atoms with van der Waals surface area (Å²) in [5.41, 5.74) is 7.49. The van der Waals surface area contributed by atoms with Crippen LogP contribution >= 0.6 is 0 Å². The number of ether oxygens (including phenoxy) is 1. The van der Waals surface area contributed by atoms with Gasteiger partial charge in [0, 0.05) is 18.7 Å². The molecular weight excluding hydrogens is 240 g/mol. The Hall–Kier alpha value is -1.39. The number of nitrogens with two attached hydrogens (primary N) is 1. The standard InChI is InChI=1S/C15H22N2O2/c1-19-10-11-5-7-12(8-6-11)15(18)17-14-4-2-3-13(14)9-16/h5-8,13-14H,2-4,9-10,16H2,1H3,(H,17,18). The predicted octanol–water partition coefficient (Wildman–Crippen LogP) is 1.69. The fourth-order valence-electron chi connectivity index (χ4n) is 2.68. The first-order valence-electron chi connectivity index (χ1n) is 6.83. The molecule has 3 N–H and O–H groups in total. The molecule has 0 heterocycles. The third kappa shape index (κ3) is 3.55. The Labute approximate surface area is 114 Å². The van der Waals surface area contributed by atoms with Crippen LogP contribution in [0.2, 0.25) is 0 Å². The second kappa shape index (κ2) is 6.68. The minimum atomic E-state index is -0.00526. The largest absolute Gasteiger partial charge is 0.380 e. The average molecular weight is 262 g/mol. The van der Waals surface area contributed by atoms with Crippen LogP contribution in [0.3, 0.4) is 0 Å². The number of benzene rings is 1. The molecule has 19 heavy (non-hydrogen) atoms. The minimum absolute atomic E-state index is 0.00526. The Morgan fingerprint density at radius 3 is 2.74 bits per heavy atom. The van der Waals surface area contributed by atoms with Crippen molar-refractivity contribution in [2.45, 2.75) is 31.9 Å². The van der Waals surface area contributed by atoms with E-state index in [9.17, 15) is 4.79 Å². The Balaban J connectivity index is 1.95. The molecule has 2 rings (SSSR count). The zero-order valence-electron chi connectivity index (χ0n) is 11.4. The summed E-state index contributed by atoms with van der Waals surface area (Å²) in [6.45, 7) is 1.22. The third-order valence-electron chi connectivity index (χ3n) is 3.81. The van der Waals surface area contributed by atoms with Crippen molar-refractivity contribution in [3.05, 3.63) is 35.4 Å². The molecule has 1 saturated carbocycles. The van der Waals surface area contributed by atoms with Gasteiger partial charge in [0.1, 0.15) is 0 Å². The monoisotopic (exact) mass is 262 g/mol. The van der Waals surface area contributed by atoms with Gasteiger partial charge in [0.25, 0.3) is 5.91 Å². The molecule has 1 fully saturated rings. The molecule has 1 amide bonds. The van der Waals surface area contributed by atoms with Gasteiger partial charge in [-0.15, -0.1) is 0 Å². The van der Waals surface area contributed by atoms with Crippen molar-refractivity contribution in [1.29, 1.82) is 0 Å². The number of amides is 1. The molecule has 4 heteroatoms. The highest BCUT2D eigenvalue weighted by atomic mass is 16.5. The molecule has 2 unspecified atom stereocenters. The lowest BCUT2D eigenvalue weighted by Crippen LogP contribution is -2.39. The van der Waals surface area contributed by atoms with Crippen LogP contribution in [0.15, 0.2) is 24.3 Å². The van der Waals surface area contributed by atoms with Crippen LogP contribution in [-0.4, -0.2) is 25.6 Å². The number of rotatable bonds is 5. The molecule has 104 valence electrons.